The number of halogens is 1. The van der Waals surface area contributed by atoms with E-state index in [9.17, 15) is 13.0 Å². The number of nitrogens with zero attached hydrogens (tertiary/aromatic N) is 2. The molecule has 3 N–H and O–H groups in total. The molecule has 4 rings (SSSR count). The Hall–Kier alpha value is -2.65. The molecule has 1 aliphatic heterocycles. The molecule has 1 aliphatic rings. The third-order valence-electron chi connectivity index (χ3n) is 6.80. The van der Waals surface area contributed by atoms with Crippen LogP contribution in [-0.2, 0) is 14.4 Å². The summed E-state index contributed by atoms with van der Waals surface area (Å²) in [6.07, 6.45) is 4.52. The number of anilines is 4. The average molecular weight is 578 g/mol. The topological polar surface area (TPSA) is 122 Å². The van der Waals surface area contributed by atoms with Gasteiger partial charge in [0, 0.05) is 23.7 Å². The van der Waals surface area contributed by atoms with E-state index < -0.39 is 22.2 Å². The molecular weight excluding hydrogens is 545 g/mol. The molecule has 9 nitrogen and oxygen atoms in total. The summed E-state index contributed by atoms with van der Waals surface area (Å²) in [6, 6.07) is 12.5. The maximum atomic E-state index is 13.6. The number of rotatable bonds is 9. The van der Waals surface area contributed by atoms with Gasteiger partial charge in [0.15, 0.2) is 15.7 Å². The second-order valence-electron chi connectivity index (χ2n) is 9.51. The van der Waals surface area contributed by atoms with Crippen LogP contribution in [0.4, 0.5) is 23.1 Å². The first-order valence-corrected chi connectivity index (χ1v) is 16.4. The fraction of sp³-hybridized carbons (Fsp3) is 0.385. The second-order valence-corrected chi connectivity index (χ2v) is 15.6. The van der Waals surface area contributed by atoms with Crippen LogP contribution >= 0.6 is 18.7 Å². The van der Waals surface area contributed by atoms with E-state index in [2.05, 4.69) is 25.9 Å². The minimum Gasteiger partial charge on any atom is -0.495 e. The van der Waals surface area contributed by atoms with Gasteiger partial charge in [-0.25, -0.2) is 13.4 Å². The average Bonchev–Trinajstić information content (AvgIpc) is 2.91. The van der Waals surface area contributed by atoms with Crippen molar-refractivity contribution in [2.24, 2.45) is 0 Å². The van der Waals surface area contributed by atoms with Crippen molar-refractivity contribution in [2.45, 2.75) is 42.9 Å². The maximum Gasteiger partial charge on any atom is 0.229 e. The molecule has 0 atom stereocenters. The number of ether oxygens (including phenoxy) is 1. The molecule has 0 amide bonds. The van der Waals surface area contributed by atoms with Crippen molar-refractivity contribution in [3.8, 4) is 5.75 Å². The highest BCUT2D eigenvalue weighted by atomic mass is 35.5. The summed E-state index contributed by atoms with van der Waals surface area (Å²) < 4.78 is 44.9. The Morgan fingerprint density at radius 2 is 1.79 bits per heavy atom. The summed E-state index contributed by atoms with van der Waals surface area (Å²) in [6.45, 7) is 3.27. The molecule has 1 saturated heterocycles. The first-order chi connectivity index (χ1) is 18.1. The van der Waals surface area contributed by atoms with Gasteiger partial charge in [-0.05, 0) is 64.1 Å². The van der Waals surface area contributed by atoms with Crippen LogP contribution in [0.3, 0.4) is 0 Å². The molecule has 0 radical (unpaired) electrons. The van der Waals surface area contributed by atoms with Crippen LogP contribution in [0.2, 0.25) is 5.02 Å². The van der Waals surface area contributed by atoms with Crippen LogP contribution in [-0.4, -0.2) is 56.2 Å². The normalized spacial score (nSPS) is 19.8. The number of para-hydroxylation sites is 1. The second kappa shape index (κ2) is 11.6. The predicted octanol–water partition coefficient (Wildman–Crippen LogP) is 5.18. The van der Waals surface area contributed by atoms with Crippen molar-refractivity contribution < 1.29 is 17.7 Å². The first kappa shape index (κ1) is 28.4. The fourth-order valence-electron chi connectivity index (χ4n) is 4.40. The van der Waals surface area contributed by atoms with Crippen molar-refractivity contribution >= 4 is 57.0 Å². The zero-order valence-corrected chi connectivity index (χ0v) is 24.3. The number of methoxy groups -OCH3 is 1. The molecule has 204 valence electrons. The van der Waals surface area contributed by atoms with Gasteiger partial charge in [-0.3, -0.25) is 0 Å². The minimum atomic E-state index is -3.54. The molecule has 0 bridgehead atoms. The molecule has 0 saturated carbocycles. The fourth-order valence-corrected chi connectivity index (χ4v) is 8.64. The highest BCUT2D eigenvalue weighted by Gasteiger charge is 2.31. The standard InChI is InChI=1S/C26H33ClN5O4PS/c1-17(2)38(34,35)24-8-6-5-7-22(24)30-25-20(27)16-29-26(32-25)31-21-10-9-19(15-23(21)36-4)37(33)13-11-18(28-3)12-14-37/h5-10,15-18,28H,11-14H2,1-4H3,(H2,29,30,31,32). The van der Waals surface area contributed by atoms with E-state index in [0.717, 1.165) is 18.1 Å². The van der Waals surface area contributed by atoms with Crippen LogP contribution in [0.1, 0.15) is 26.7 Å². The molecule has 3 aromatic rings. The third-order valence-corrected chi connectivity index (χ3v) is 12.5. The molecule has 38 heavy (non-hydrogen) atoms. The molecule has 2 heterocycles. The molecule has 0 unspecified atom stereocenters. The Kier molecular flexibility index (Phi) is 8.67. The Bertz CT molecular complexity index is 1460. The van der Waals surface area contributed by atoms with Gasteiger partial charge in [0.25, 0.3) is 0 Å². The number of hydrogen-bond acceptors (Lipinski definition) is 9. The highest BCUT2D eigenvalue weighted by molar-refractivity contribution is 7.92. The summed E-state index contributed by atoms with van der Waals surface area (Å²) in [5.74, 6) is 1.00. The Labute approximate surface area is 229 Å². The predicted molar refractivity (Wildman–Crippen MR) is 154 cm³/mol. The molecule has 0 aliphatic carbocycles. The minimum absolute atomic E-state index is 0.162. The zero-order valence-electron chi connectivity index (χ0n) is 21.9. The van der Waals surface area contributed by atoms with Crippen LogP contribution < -0.4 is 26.0 Å². The van der Waals surface area contributed by atoms with Gasteiger partial charge in [0.1, 0.15) is 17.9 Å². The smallest absolute Gasteiger partial charge is 0.229 e. The highest BCUT2D eigenvalue weighted by Crippen LogP contribution is 2.50. The Balaban J connectivity index is 1.59. The molecule has 2 aromatic carbocycles. The van der Waals surface area contributed by atoms with Gasteiger partial charge in [0.05, 0.1) is 34.8 Å². The molecule has 12 heteroatoms. The summed E-state index contributed by atoms with van der Waals surface area (Å²) in [5, 5.41) is 9.90. The van der Waals surface area contributed by atoms with Gasteiger partial charge < -0.3 is 25.3 Å². The number of aromatic nitrogens is 2. The van der Waals surface area contributed by atoms with Crippen molar-refractivity contribution in [3.05, 3.63) is 53.7 Å². The van der Waals surface area contributed by atoms with E-state index in [0.29, 0.717) is 35.5 Å². The van der Waals surface area contributed by atoms with Gasteiger partial charge in [-0.1, -0.05) is 23.7 Å². The van der Waals surface area contributed by atoms with Gasteiger partial charge in [-0.15, -0.1) is 0 Å². The SMILES string of the molecule is CNC1CCP(=O)(c2ccc(Nc3ncc(Cl)c(Nc4ccccc4S(=O)(=O)C(C)C)n3)c(OC)c2)CC1. The molecular formula is C26H33ClN5O4PS. The third kappa shape index (κ3) is 5.99. The van der Waals surface area contributed by atoms with Crippen LogP contribution in [0.15, 0.2) is 53.6 Å². The number of benzene rings is 2. The summed E-state index contributed by atoms with van der Waals surface area (Å²) in [4.78, 5) is 8.90. The largest absolute Gasteiger partial charge is 0.495 e. The summed E-state index contributed by atoms with van der Waals surface area (Å²) in [5.41, 5.74) is 0.969. The number of nitrogens with one attached hydrogen (secondary N) is 3. The van der Waals surface area contributed by atoms with E-state index in [1.54, 1.807) is 45.2 Å². The lowest BCUT2D eigenvalue weighted by Gasteiger charge is -2.29. The molecule has 1 aromatic heterocycles. The Morgan fingerprint density at radius 3 is 2.45 bits per heavy atom. The quantitative estimate of drug-likeness (QED) is 0.295. The van der Waals surface area contributed by atoms with E-state index in [4.69, 9.17) is 16.3 Å². The van der Waals surface area contributed by atoms with Gasteiger partial charge in [0.2, 0.25) is 5.95 Å². The van der Waals surface area contributed by atoms with Crippen molar-refractivity contribution in [3.63, 3.8) is 0 Å². The van der Waals surface area contributed by atoms with Crippen molar-refractivity contribution in [1.82, 2.24) is 15.3 Å². The van der Waals surface area contributed by atoms with Gasteiger partial charge in [-0.2, -0.15) is 4.98 Å². The Morgan fingerprint density at radius 1 is 1.08 bits per heavy atom. The van der Waals surface area contributed by atoms with Crippen LogP contribution in [0.25, 0.3) is 0 Å². The van der Waals surface area contributed by atoms with Crippen LogP contribution in [0.5, 0.6) is 5.75 Å². The first-order valence-electron chi connectivity index (χ1n) is 12.4. The van der Waals surface area contributed by atoms with Gasteiger partial charge >= 0.3 is 0 Å². The monoisotopic (exact) mass is 577 g/mol. The lowest BCUT2D eigenvalue weighted by molar-refractivity contribution is 0.417. The summed E-state index contributed by atoms with van der Waals surface area (Å²) in [7, 11) is -2.54. The van der Waals surface area contributed by atoms with E-state index >= 15 is 0 Å². The lowest BCUT2D eigenvalue weighted by Crippen LogP contribution is -2.32. The summed E-state index contributed by atoms with van der Waals surface area (Å²) >= 11 is 6.35. The van der Waals surface area contributed by atoms with Crippen LogP contribution in [0, 0.1) is 0 Å². The van der Waals surface area contributed by atoms with E-state index in [-0.39, 0.29) is 21.7 Å². The zero-order chi connectivity index (χ0) is 27.5. The maximum absolute atomic E-state index is 13.6. The van der Waals surface area contributed by atoms with Crippen molar-refractivity contribution in [1.29, 1.82) is 0 Å². The van der Waals surface area contributed by atoms with E-state index in [1.165, 1.54) is 6.20 Å². The number of hydrogen-bond donors (Lipinski definition) is 3. The molecule has 1 fully saturated rings. The van der Waals surface area contributed by atoms with Crippen molar-refractivity contribution in [2.75, 3.05) is 37.1 Å². The van der Waals surface area contributed by atoms with E-state index in [1.807, 2.05) is 25.2 Å². The number of sulfone groups is 1. The lowest BCUT2D eigenvalue weighted by atomic mass is 10.2. The molecule has 0 spiro atoms.